The van der Waals surface area contributed by atoms with Gasteiger partial charge in [0.15, 0.2) is 0 Å². The molecule has 0 aliphatic carbocycles. The molecular formula is C13H13BrS. The minimum atomic E-state index is 0.322. The highest BCUT2D eigenvalue weighted by Crippen LogP contribution is 2.32. The van der Waals surface area contributed by atoms with E-state index in [4.69, 9.17) is 0 Å². The molecule has 1 aromatic heterocycles. The maximum Gasteiger partial charge on any atom is 0.0652 e. The number of alkyl halides is 1. The van der Waals surface area contributed by atoms with Crippen molar-refractivity contribution in [2.24, 2.45) is 0 Å². The van der Waals surface area contributed by atoms with E-state index < -0.39 is 0 Å². The molecule has 2 aromatic rings. The highest BCUT2D eigenvalue weighted by atomic mass is 79.9. The second-order valence-corrected chi connectivity index (χ2v) is 5.46. The molecule has 0 aliphatic rings. The molecule has 1 aromatic carbocycles. The zero-order valence-corrected chi connectivity index (χ0v) is 11.2. The molecule has 0 fully saturated rings. The Morgan fingerprint density at radius 2 is 1.87 bits per heavy atom. The van der Waals surface area contributed by atoms with Crippen LogP contribution in [-0.4, -0.2) is 0 Å². The van der Waals surface area contributed by atoms with E-state index in [1.807, 2.05) is 0 Å². The molecule has 2 rings (SSSR count). The van der Waals surface area contributed by atoms with Crippen molar-refractivity contribution in [1.29, 1.82) is 0 Å². The van der Waals surface area contributed by atoms with Crippen LogP contribution in [0, 0.1) is 13.8 Å². The van der Waals surface area contributed by atoms with Gasteiger partial charge in [0.05, 0.1) is 4.83 Å². The first-order chi connectivity index (χ1) is 7.18. The van der Waals surface area contributed by atoms with Gasteiger partial charge in [-0.3, -0.25) is 0 Å². The quantitative estimate of drug-likeness (QED) is 0.690. The van der Waals surface area contributed by atoms with Gasteiger partial charge in [-0.1, -0.05) is 34.1 Å². The van der Waals surface area contributed by atoms with Gasteiger partial charge in [-0.25, -0.2) is 0 Å². The van der Waals surface area contributed by atoms with Crippen LogP contribution < -0.4 is 0 Å². The molecule has 1 atom stereocenters. The molecule has 0 spiro atoms. The Hall–Kier alpha value is -0.600. The van der Waals surface area contributed by atoms with Crippen molar-refractivity contribution in [3.63, 3.8) is 0 Å². The predicted molar refractivity (Wildman–Crippen MR) is 71.0 cm³/mol. The highest BCUT2D eigenvalue weighted by Gasteiger charge is 2.10. The summed E-state index contributed by atoms with van der Waals surface area (Å²) < 4.78 is 0. The van der Waals surface area contributed by atoms with E-state index in [2.05, 4.69) is 64.8 Å². The molecule has 0 saturated carbocycles. The Balaban J connectivity index is 2.34. The standard InChI is InChI=1S/C13H13BrS/c1-9-3-4-11(7-10(9)2)13(14)12-5-6-15-8-12/h3-8,13H,1-2H3. The third-order valence-electron chi connectivity index (χ3n) is 2.66. The Morgan fingerprint density at radius 3 is 2.47 bits per heavy atom. The summed E-state index contributed by atoms with van der Waals surface area (Å²) in [5, 5.41) is 4.30. The maximum atomic E-state index is 3.74. The van der Waals surface area contributed by atoms with Crippen LogP contribution in [0.3, 0.4) is 0 Å². The SMILES string of the molecule is Cc1ccc(C(Br)c2ccsc2)cc1C. The lowest BCUT2D eigenvalue weighted by Crippen LogP contribution is -1.92. The summed E-state index contributed by atoms with van der Waals surface area (Å²) in [5.74, 6) is 0. The minimum absolute atomic E-state index is 0.322. The zero-order chi connectivity index (χ0) is 10.8. The van der Waals surface area contributed by atoms with Gasteiger partial charge in [0.1, 0.15) is 0 Å². The lowest BCUT2D eigenvalue weighted by atomic mass is 10.0. The van der Waals surface area contributed by atoms with Gasteiger partial charge < -0.3 is 0 Å². The van der Waals surface area contributed by atoms with E-state index in [0.717, 1.165) is 0 Å². The lowest BCUT2D eigenvalue weighted by molar-refractivity contribution is 1.17. The van der Waals surface area contributed by atoms with Crippen LogP contribution in [-0.2, 0) is 0 Å². The largest absolute Gasteiger partial charge is 0.152 e. The number of halogens is 1. The van der Waals surface area contributed by atoms with Crippen molar-refractivity contribution in [2.75, 3.05) is 0 Å². The molecule has 15 heavy (non-hydrogen) atoms. The number of hydrogen-bond acceptors (Lipinski definition) is 1. The number of aryl methyl sites for hydroxylation is 2. The zero-order valence-electron chi connectivity index (χ0n) is 8.83. The topological polar surface area (TPSA) is 0 Å². The van der Waals surface area contributed by atoms with Gasteiger partial charge in [-0.15, -0.1) is 0 Å². The Labute approximate surface area is 103 Å². The number of rotatable bonds is 2. The van der Waals surface area contributed by atoms with Gasteiger partial charge in [-0.05, 0) is 52.9 Å². The van der Waals surface area contributed by atoms with E-state index in [1.54, 1.807) is 11.3 Å². The van der Waals surface area contributed by atoms with Crippen LogP contribution in [0.2, 0.25) is 0 Å². The Bertz CT molecular complexity index is 446. The van der Waals surface area contributed by atoms with Crippen LogP contribution in [0.15, 0.2) is 35.0 Å². The molecule has 78 valence electrons. The molecule has 0 radical (unpaired) electrons. The molecule has 0 N–H and O–H groups in total. The van der Waals surface area contributed by atoms with E-state index in [1.165, 1.54) is 22.3 Å². The summed E-state index contributed by atoms with van der Waals surface area (Å²) in [5.41, 5.74) is 5.37. The van der Waals surface area contributed by atoms with Crippen LogP contribution in [0.4, 0.5) is 0 Å². The second-order valence-electron chi connectivity index (χ2n) is 3.76. The first-order valence-electron chi connectivity index (χ1n) is 4.92. The summed E-state index contributed by atoms with van der Waals surface area (Å²) in [4.78, 5) is 0.322. The van der Waals surface area contributed by atoms with Crippen molar-refractivity contribution in [3.8, 4) is 0 Å². The smallest absolute Gasteiger partial charge is 0.0652 e. The first-order valence-corrected chi connectivity index (χ1v) is 6.77. The van der Waals surface area contributed by atoms with Crippen LogP contribution in [0.25, 0.3) is 0 Å². The van der Waals surface area contributed by atoms with E-state index in [0.29, 0.717) is 4.83 Å². The van der Waals surface area contributed by atoms with Crippen LogP contribution in [0.1, 0.15) is 27.1 Å². The molecular weight excluding hydrogens is 268 g/mol. The van der Waals surface area contributed by atoms with Crippen LogP contribution in [0.5, 0.6) is 0 Å². The van der Waals surface area contributed by atoms with Crippen molar-refractivity contribution < 1.29 is 0 Å². The molecule has 1 unspecified atom stereocenters. The monoisotopic (exact) mass is 280 g/mol. The molecule has 0 nitrogen and oxygen atoms in total. The predicted octanol–water partition coefficient (Wildman–Crippen LogP) is 4.85. The second kappa shape index (κ2) is 4.50. The minimum Gasteiger partial charge on any atom is -0.152 e. The van der Waals surface area contributed by atoms with E-state index in [9.17, 15) is 0 Å². The molecule has 2 heteroatoms. The average molecular weight is 281 g/mol. The van der Waals surface area contributed by atoms with Crippen molar-refractivity contribution in [1.82, 2.24) is 0 Å². The summed E-state index contributed by atoms with van der Waals surface area (Å²) in [7, 11) is 0. The third-order valence-corrected chi connectivity index (χ3v) is 4.42. The van der Waals surface area contributed by atoms with Gasteiger partial charge >= 0.3 is 0 Å². The molecule has 1 heterocycles. The highest BCUT2D eigenvalue weighted by molar-refractivity contribution is 9.09. The first kappa shape index (κ1) is 10.9. The fourth-order valence-corrected chi connectivity index (χ4v) is 2.96. The van der Waals surface area contributed by atoms with Crippen molar-refractivity contribution >= 4 is 27.3 Å². The number of hydrogen-bond donors (Lipinski definition) is 0. The van der Waals surface area contributed by atoms with Crippen molar-refractivity contribution in [3.05, 3.63) is 57.3 Å². The fraction of sp³-hybridized carbons (Fsp3) is 0.231. The van der Waals surface area contributed by atoms with Gasteiger partial charge in [0.2, 0.25) is 0 Å². The Morgan fingerprint density at radius 1 is 1.07 bits per heavy atom. The van der Waals surface area contributed by atoms with E-state index >= 15 is 0 Å². The summed E-state index contributed by atoms with van der Waals surface area (Å²) >= 11 is 5.48. The number of benzene rings is 1. The van der Waals surface area contributed by atoms with Gasteiger partial charge in [0.25, 0.3) is 0 Å². The van der Waals surface area contributed by atoms with Crippen LogP contribution >= 0.6 is 27.3 Å². The maximum absolute atomic E-state index is 3.74. The molecule has 0 bridgehead atoms. The Kier molecular flexibility index (Phi) is 3.27. The van der Waals surface area contributed by atoms with Gasteiger partial charge in [-0.2, -0.15) is 11.3 Å². The number of thiophene rings is 1. The summed E-state index contributed by atoms with van der Waals surface area (Å²) in [6.45, 7) is 4.30. The molecule has 0 saturated heterocycles. The normalized spacial score (nSPS) is 12.7. The van der Waals surface area contributed by atoms with Crippen molar-refractivity contribution in [2.45, 2.75) is 18.7 Å². The summed E-state index contributed by atoms with van der Waals surface area (Å²) in [6, 6.07) is 8.80. The summed E-state index contributed by atoms with van der Waals surface area (Å²) in [6.07, 6.45) is 0. The van der Waals surface area contributed by atoms with E-state index in [-0.39, 0.29) is 0 Å². The lowest BCUT2D eigenvalue weighted by Gasteiger charge is -2.10. The molecule has 0 aliphatic heterocycles. The third kappa shape index (κ3) is 2.32. The fourth-order valence-electron chi connectivity index (χ4n) is 1.53. The molecule has 0 amide bonds. The van der Waals surface area contributed by atoms with Gasteiger partial charge in [0, 0.05) is 0 Å². The average Bonchev–Trinajstić information content (AvgIpc) is 2.74.